The van der Waals surface area contributed by atoms with E-state index in [1.54, 1.807) is 24.3 Å². The number of carbonyl (C=O) groups is 1. The average Bonchev–Trinajstić information content (AvgIpc) is 3.51. The molecule has 1 saturated carbocycles. The van der Waals surface area contributed by atoms with Crippen molar-refractivity contribution in [3.63, 3.8) is 0 Å². The van der Waals surface area contributed by atoms with Gasteiger partial charge in [0.15, 0.2) is 0 Å². The van der Waals surface area contributed by atoms with Gasteiger partial charge in [-0.15, -0.1) is 0 Å². The third-order valence-corrected chi connectivity index (χ3v) is 8.14. The fourth-order valence-electron chi connectivity index (χ4n) is 3.72. The number of rotatable bonds is 5. The first-order valence-corrected chi connectivity index (χ1v) is 11.9. The normalized spacial score (nSPS) is 19.7. The fourth-order valence-corrected chi connectivity index (χ4v) is 5.59. The van der Waals surface area contributed by atoms with E-state index in [0.717, 1.165) is 22.9 Å². The van der Waals surface area contributed by atoms with Gasteiger partial charge < -0.3 is 10.2 Å². The van der Waals surface area contributed by atoms with E-state index < -0.39 is 15.4 Å². The van der Waals surface area contributed by atoms with Gasteiger partial charge in [0.05, 0.1) is 10.3 Å². The lowest BCUT2D eigenvalue weighted by Crippen LogP contribution is -2.47. The van der Waals surface area contributed by atoms with Crippen LogP contribution in [0.1, 0.15) is 18.4 Å². The summed E-state index contributed by atoms with van der Waals surface area (Å²) in [5.41, 5.74) is 0.952. The van der Waals surface area contributed by atoms with E-state index in [1.807, 2.05) is 31.3 Å². The Kier molecular flexibility index (Phi) is 5.54. The van der Waals surface area contributed by atoms with Crippen molar-refractivity contribution in [1.29, 1.82) is 0 Å². The first kappa shape index (κ1) is 20.5. The summed E-state index contributed by atoms with van der Waals surface area (Å²) in [6, 6.07) is 14.4. The summed E-state index contributed by atoms with van der Waals surface area (Å²) in [6.45, 7) is 2.37. The van der Waals surface area contributed by atoms with Gasteiger partial charge >= 0.3 is 0 Å². The number of benzene rings is 2. The van der Waals surface area contributed by atoms with Crippen molar-refractivity contribution in [2.45, 2.75) is 23.2 Å². The van der Waals surface area contributed by atoms with Gasteiger partial charge in [0, 0.05) is 36.3 Å². The minimum atomic E-state index is -3.57. The highest BCUT2D eigenvalue weighted by atomic mass is 79.9. The molecular weight excluding hydrogens is 454 g/mol. The van der Waals surface area contributed by atoms with E-state index in [4.69, 9.17) is 0 Å². The van der Waals surface area contributed by atoms with Crippen LogP contribution >= 0.6 is 15.9 Å². The number of halogens is 1. The molecule has 8 heteroatoms. The van der Waals surface area contributed by atoms with E-state index in [2.05, 4.69) is 26.1 Å². The zero-order chi connectivity index (χ0) is 20.6. The summed E-state index contributed by atoms with van der Waals surface area (Å²) in [7, 11) is -1.59. The molecule has 0 aromatic heterocycles. The number of nitrogens with zero attached hydrogens (tertiary/aromatic N) is 2. The van der Waals surface area contributed by atoms with E-state index in [0.29, 0.717) is 31.9 Å². The maximum absolute atomic E-state index is 13.0. The first-order chi connectivity index (χ1) is 13.8. The number of hydrogen-bond donors (Lipinski definition) is 1. The number of anilines is 1. The highest BCUT2D eigenvalue weighted by molar-refractivity contribution is 9.10. The van der Waals surface area contributed by atoms with Crippen LogP contribution in [0.2, 0.25) is 0 Å². The molecule has 1 aliphatic carbocycles. The number of hydrogen-bond acceptors (Lipinski definition) is 4. The van der Waals surface area contributed by atoms with Crippen LogP contribution in [0.5, 0.6) is 0 Å². The molecule has 2 aromatic rings. The summed E-state index contributed by atoms with van der Waals surface area (Å²) < 4.78 is 28.4. The van der Waals surface area contributed by atoms with Gasteiger partial charge in [-0.1, -0.05) is 34.1 Å². The summed E-state index contributed by atoms with van der Waals surface area (Å²) in [5, 5.41) is 2.94. The van der Waals surface area contributed by atoms with Crippen LogP contribution in [0.25, 0.3) is 0 Å². The molecule has 1 aliphatic heterocycles. The fraction of sp³-hybridized carbons (Fsp3) is 0.381. The predicted octanol–water partition coefficient (Wildman–Crippen LogP) is 3.06. The van der Waals surface area contributed by atoms with Crippen molar-refractivity contribution >= 4 is 37.5 Å². The van der Waals surface area contributed by atoms with Crippen LogP contribution in [0.4, 0.5) is 5.69 Å². The number of sulfonamides is 1. The molecule has 0 unspecified atom stereocenters. The molecule has 4 rings (SSSR count). The first-order valence-electron chi connectivity index (χ1n) is 9.68. The zero-order valence-electron chi connectivity index (χ0n) is 16.3. The second kappa shape index (κ2) is 7.83. The Morgan fingerprint density at radius 3 is 2.38 bits per heavy atom. The molecule has 1 saturated heterocycles. The van der Waals surface area contributed by atoms with Crippen LogP contribution in [-0.2, 0) is 20.2 Å². The summed E-state index contributed by atoms with van der Waals surface area (Å²) >= 11 is 3.47. The Bertz CT molecular complexity index is 1030. The van der Waals surface area contributed by atoms with Crippen molar-refractivity contribution in [2.24, 2.45) is 0 Å². The maximum Gasteiger partial charge on any atom is 0.243 e. The average molecular weight is 478 g/mol. The van der Waals surface area contributed by atoms with Crippen molar-refractivity contribution in [3.8, 4) is 0 Å². The Labute approximate surface area is 180 Å². The lowest BCUT2D eigenvalue weighted by Gasteiger charge is -2.31. The zero-order valence-corrected chi connectivity index (χ0v) is 18.7. The number of amides is 1. The molecule has 2 aliphatic rings. The minimum absolute atomic E-state index is 0.0928. The number of likely N-dealkylation sites (N-methyl/N-ethyl adjacent to an activating group) is 1. The van der Waals surface area contributed by atoms with Crippen LogP contribution in [0.15, 0.2) is 57.9 Å². The number of nitrogens with one attached hydrogen (secondary N) is 1. The number of piperazine rings is 1. The van der Waals surface area contributed by atoms with Crippen molar-refractivity contribution in [2.75, 3.05) is 38.5 Å². The van der Waals surface area contributed by atoms with E-state index in [9.17, 15) is 13.2 Å². The third kappa shape index (κ3) is 4.12. The van der Waals surface area contributed by atoms with E-state index in [1.165, 1.54) is 4.31 Å². The van der Waals surface area contributed by atoms with Crippen LogP contribution in [0, 0.1) is 0 Å². The van der Waals surface area contributed by atoms with E-state index >= 15 is 0 Å². The van der Waals surface area contributed by atoms with Gasteiger partial charge in [-0.3, -0.25) is 4.79 Å². The van der Waals surface area contributed by atoms with Crippen LogP contribution < -0.4 is 5.32 Å². The van der Waals surface area contributed by atoms with Crippen molar-refractivity contribution < 1.29 is 13.2 Å². The number of carbonyl (C=O) groups excluding carboxylic acids is 1. The second-order valence-corrected chi connectivity index (χ2v) is 10.6. The highest BCUT2D eigenvalue weighted by Gasteiger charge is 2.51. The molecule has 6 nitrogen and oxygen atoms in total. The lowest BCUT2D eigenvalue weighted by molar-refractivity contribution is -0.118. The SMILES string of the molecule is CN1CCN(S(=O)(=O)c2cccc(NC(=O)C3(c4cccc(Br)c4)CC3)c2)CC1. The smallest absolute Gasteiger partial charge is 0.243 e. The molecule has 1 amide bonds. The largest absolute Gasteiger partial charge is 0.325 e. The Hall–Kier alpha value is -1.74. The van der Waals surface area contributed by atoms with Crippen molar-refractivity contribution in [3.05, 3.63) is 58.6 Å². The van der Waals surface area contributed by atoms with Gasteiger partial charge in [0.1, 0.15) is 0 Å². The molecule has 29 heavy (non-hydrogen) atoms. The standard InChI is InChI=1S/C21H24BrN3O3S/c1-24-10-12-25(13-11-24)29(27,28)19-7-3-6-18(15-19)23-20(26)21(8-9-21)16-4-2-5-17(22)14-16/h2-7,14-15H,8-13H2,1H3,(H,23,26). The van der Waals surface area contributed by atoms with Gasteiger partial charge in [-0.05, 0) is 55.8 Å². The van der Waals surface area contributed by atoms with Crippen LogP contribution in [-0.4, -0.2) is 56.8 Å². The molecule has 0 atom stereocenters. The van der Waals surface area contributed by atoms with Gasteiger partial charge in [0.2, 0.25) is 15.9 Å². The molecule has 2 fully saturated rings. The molecule has 0 radical (unpaired) electrons. The molecule has 1 N–H and O–H groups in total. The lowest BCUT2D eigenvalue weighted by atomic mass is 9.95. The molecule has 2 aromatic carbocycles. The van der Waals surface area contributed by atoms with Crippen LogP contribution in [0.3, 0.4) is 0 Å². The maximum atomic E-state index is 13.0. The molecular formula is C21H24BrN3O3S. The third-order valence-electron chi connectivity index (χ3n) is 5.75. The Morgan fingerprint density at radius 2 is 1.72 bits per heavy atom. The Balaban J connectivity index is 1.53. The van der Waals surface area contributed by atoms with Gasteiger partial charge in [0.25, 0.3) is 0 Å². The molecule has 1 heterocycles. The second-order valence-electron chi connectivity index (χ2n) is 7.78. The monoisotopic (exact) mass is 477 g/mol. The predicted molar refractivity (Wildman–Crippen MR) is 116 cm³/mol. The van der Waals surface area contributed by atoms with E-state index in [-0.39, 0.29) is 10.8 Å². The minimum Gasteiger partial charge on any atom is -0.325 e. The van der Waals surface area contributed by atoms with Gasteiger partial charge in [-0.25, -0.2) is 8.42 Å². The quantitative estimate of drug-likeness (QED) is 0.718. The summed E-state index contributed by atoms with van der Waals surface area (Å²) in [5.74, 6) is -0.0928. The van der Waals surface area contributed by atoms with Gasteiger partial charge in [-0.2, -0.15) is 4.31 Å². The van der Waals surface area contributed by atoms with Crippen molar-refractivity contribution in [1.82, 2.24) is 9.21 Å². The molecule has 154 valence electrons. The summed E-state index contributed by atoms with van der Waals surface area (Å²) in [6.07, 6.45) is 1.57. The Morgan fingerprint density at radius 1 is 1.03 bits per heavy atom. The molecule has 0 spiro atoms. The topological polar surface area (TPSA) is 69.7 Å². The summed E-state index contributed by atoms with van der Waals surface area (Å²) in [4.78, 5) is 15.3. The highest BCUT2D eigenvalue weighted by Crippen LogP contribution is 2.49. The molecule has 0 bridgehead atoms.